The Balaban J connectivity index is 2.15. The van der Waals surface area contributed by atoms with Gasteiger partial charge in [0.1, 0.15) is 0 Å². The summed E-state index contributed by atoms with van der Waals surface area (Å²) in [5, 5.41) is 3.22. The maximum absolute atomic E-state index is 11.9. The molecule has 1 nitrogen and oxygen atoms in total. The number of halogens is 3. The Labute approximate surface area is 100 Å². The van der Waals surface area contributed by atoms with Crippen LogP contribution < -0.4 is 5.32 Å². The van der Waals surface area contributed by atoms with Gasteiger partial charge in [-0.05, 0) is 25.3 Å². The summed E-state index contributed by atoms with van der Waals surface area (Å²) in [6, 6.07) is 9.94. The van der Waals surface area contributed by atoms with E-state index in [1.165, 1.54) is 0 Å². The highest BCUT2D eigenvalue weighted by atomic mass is 19.4. The molecule has 0 aliphatic carbocycles. The SMILES string of the molecule is CC(CCCC(F)(F)F)NCc1ccccc1. The smallest absolute Gasteiger partial charge is 0.310 e. The third-order valence-corrected chi connectivity index (χ3v) is 2.59. The van der Waals surface area contributed by atoms with Crippen molar-refractivity contribution in [1.29, 1.82) is 0 Å². The van der Waals surface area contributed by atoms with Crippen LogP contribution in [-0.4, -0.2) is 12.2 Å². The second-order valence-electron chi connectivity index (χ2n) is 4.27. The Morgan fingerprint density at radius 1 is 1.18 bits per heavy atom. The molecule has 4 heteroatoms. The zero-order valence-corrected chi connectivity index (χ0v) is 9.93. The minimum Gasteiger partial charge on any atom is -0.310 e. The van der Waals surface area contributed by atoms with Gasteiger partial charge in [0.2, 0.25) is 0 Å². The lowest BCUT2D eigenvalue weighted by molar-refractivity contribution is -0.135. The lowest BCUT2D eigenvalue weighted by Crippen LogP contribution is -2.25. The molecule has 0 heterocycles. The van der Waals surface area contributed by atoms with Gasteiger partial charge in [0.05, 0.1) is 0 Å². The molecule has 0 aliphatic rings. The van der Waals surface area contributed by atoms with Crippen molar-refractivity contribution in [2.75, 3.05) is 0 Å². The third-order valence-electron chi connectivity index (χ3n) is 2.59. The van der Waals surface area contributed by atoms with Gasteiger partial charge < -0.3 is 5.32 Å². The minimum atomic E-state index is -4.03. The van der Waals surface area contributed by atoms with E-state index < -0.39 is 12.6 Å². The first-order valence-electron chi connectivity index (χ1n) is 5.81. The van der Waals surface area contributed by atoms with E-state index >= 15 is 0 Å². The fourth-order valence-corrected chi connectivity index (χ4v) is 1.60. The van der Waals surface area contributed by atoms with Gasteiger partial charge in [0, 0.05) is 19.0 Å². The van der Waals surface area contributed by atoms with Crippen molar-refractivity contribution >= 4 is 0 Å². The van der Waals surface area contributed by atoms with Crippen LogP contribution in [0.1, 0.15) is 31.7 Å². The molecule has 0 spiro atoms. The van der Waals surface area contributed by atoms with E-state index in [-0.39, 0.29) is 12.5 Å². The highest BCUT2D eigenvalue weighted by Crippen LogP contribution is 2.22. The van der Waals surface area contributed by atoms with Gasteiger partial charge in [-0.1, -0.05) is 30.3 Å². The van der Waals surface area contributed by atoms with Crippen molar-refractivity contribution in [2.24, 2.45) is 0 Å². The molecule has 0 fully saturated rings. The van der Waals surface area contributed by atoms with Crippen molar-refractivity contribution in [1.82, 2.24) is 5.32 Å². The maximum atomic E-state index is 11.9. The lowest BCUT2D eigenvalue weighted by atomic mass is 10.1. The van der Waals surface area contributed by atoms with Crippen LogP contribution in [0.15, 0.2) is 30.3 Å². The summed E-state index contributed by atoms with van der Waals surface area (Å²) in [7, 11) is 0. The molecule has 0 aliphatic heterocycles. The minimum absolute atomic E-state index is 0.109. The van der Waals surface area contributed by atoms with E-state index in [1.54, 1.807) is 0 Å². The molecule has 0 amide bonds. The Hall–Kier alpha value is -1.03. The van der Waals surface area contributed by atoms with Crippen LogP contribution in [-0.2, 0) is 6.54 Å². The fraction of sp³-hybridized carbons (Fsp3) is 0.538. The van der Waals surface area contributed by atoms with Crippen LogP contribution >= 0.6 is 0 Å². The molecule has 0 saturated carbocycles. The molecule has 0 aromatic heterocycles. The highest BCUT2D eigenvalue weighted by molar-refractivity contribution is 5.14. The number of rotatable bonds is 6. The summed E-state index contributed by atoms with van der Waals surface area (Å²) in [4.78, 5) is 0. The summed E-state index contributed by atoms with van der Waals surface area (Å²) < 4.78 is 35.8. The van der Waals surface area contributed by atoms with Crippen LogP contribution in [0.25, 0.3) is 0 Å². The monoisotopic (exact) mass is 245 g/mol. The predicted molar refractivity (Wildman–Crippen MR) is 62.6 cm³/mol. The molecule has 1 N–H and O–H groups in total. The average molecular weight is 245 g/mol. The molecular formula is C13H18F3N. The number of hydrogen-bond donors (Lipinski definition) is 1. The van der Waals surface area contributed by atoms with Crippen LogP contribution in [0, 0.1) is 0 Å². The summed E-state index contributed by atoms with van der Waals surface area (Å²) >= 11 is 0. The van der Waals surface area contributed by atoms with Crippen molar-refractivity contribution in [3.05, 3.63) is 35.9 Å². The molecule has 1 aromatic carbocycles. The quantitative estimate of drug-likeness (QED) is 0.801. The van der Waals surface area contributed by atoms with Crippen molar-refractivity contribution in [3.63, 3.8) is 0 Å². The molecule has 0 radical (unpaired) electrons. The van der Waals surface area contributed by atoms with Crippen LogP contribution in [0.4, 0.5) is 13.2 Å². The van der Waals surface area contributed by atoms with E-state index in [1.807, 2.05) is 37.3 Å². The Kier molecular flexibility index (Phi) is 5.48. The molecule has 1 rings (SSSR count). The summed E-state index contributed by atoms with van der Waals surface area (Å²) in [6.45, 7) is 2.62. The zero-order chi connectivity index (χ0) is 12.7. The lowest BCUT2D eigenvalue weighted by Gasteiger charge is -2.14. The van der Waals surface area contributed by atoms with Crippen LogP contribution in [0.5, 0.6) is 0 Å². The number of hydrogen-bond acceptors (Lipinski definition) is 1. The Morgan fingerprint density at radius 3 is 2.41 bits per heavy atom. The van der Waals surface area contributed by atoms with Gasteiger partial charge >= 0.3 is 6.18 Å². The first-order valence-corrected chi connectivity index (χ1v) is 5.81. The molecule has 0 saturated heterocycles. The second-order valence-corrected chi connectivity index (χ2v) is 4.27. The zero-order valence-electron chi connectivity index (χ0n) is 9.93. The molecule has 1 aromatic rings. The predicted octanol–water partition coefficient (Wildman–Crippen LogP) is 3.90. The summed E-state index contributed by atoms with van der Waals surface area (Å²) in [5.41, 5.74) is 1.15. The van der Waals surface area contributed by atoms with E-state index in [0.29, 0.717) is 13.0 Å². The largest absolute Gasteiger partial charge is 0.389 e. The van der Waals surface area contributed by atoms with Crippen LogP contribution in [0.3, 0.4) is 0 Å². The van der Waals surface area contributed by atoms with E-state index in [2.05, 4.69) is 5.32 Å². The molecule has 1 atom stereocenters. The maximum Gasteiger partial charge on any atom is 0.389 e. The van der Waals surface area contributed by atoms with Crippen molar-refractivity contribution in [2.45, 2.75) is 44.9 Å². The molecule has 17 heavy (non-hydrogen) atoms. The Morgan fingerprint density at radius 2 is 1.82 bits per heavy atom. The van der Waals surface area contributed by atoms with Gasteiger partial charge in [-0.25, -0.2) is 0 Å². The van der Waals surface area contributed by atoms with Gasteiger partial charge in [-0.15, -0.1) is 0 Å². The van der Waals surface area contributed by atoms with Gasteiger partial charge in [-0.3, -0.25) is 0 Å². The van der Waals surface area contributed by atoms with Gasteiger partial charge in [0.25, 0.3) is 0 Å². The molecule has 96 valence electrons. The number of alkyl halides is 3. The third kappa shape index (κ3) is 7.00. The average Bonchev–Trinajstić information content (AvgIpc) is 2.26. The molecule has 0 bridgehead atoms. The summed E-state index contributed by atoms with van der Waals surface area (Å²) in [6.07, 6.45) is -3.98. The van der Waals surface area contributed by atoms with Crippen molar-refractivity contribution < 1.29 is 13.2 Å². The van der Waals surface area contributed by atoms with Gasteiger partial charge in [0.15, 0.2) is 0 Å². The van der Waals surface area contributed by atoms with Gasteiger partial charge in [-0.2, -0.15) is 13.2 Å². The molecule has 1 unspecified atom stereocenters. The first kappa shape index (κ1) is 14.0. The Bertz CT molecular complexity index is 308. The topological polar surface area (TPSA) is 12.0 Å². The second kappa shape index (κ2) is 6.64. The van der Waals surface area contributed by atoms with E-state index in [0.717, 1.165) is 5.56 Å². The van der Waals surface area contributed by atoms with E-state index in [4.69, 9.17) is 0 Å². The number of benzene rings is 1. The normalized spacial score (nSPS) is 13.6. The summed E-state index contributed by atoms with van der Waals surface area (Å²) in [5.74, 6) is 0. The molecular weight excluding hydrogens is 227 g/mol. The highest BCUT2D eigenvalue weighted by Gasteiger charge is 2.26. The first-order chi connectivity index (χ1) is 7.97. The number of nitrogens with one attached hydrogen (secondary N) is 1. The standard InChI is InChI=1S/C13H18F3N/c1-11(6-5-9-13(14,15)16)17-10-12-7-3-2-4-8-12/h2-4,7-8,11,17H,5-6,9-10H2,1H3. The van der Waals surface area contributed by atoms with Crippen LogP contribution in [0.2, 0.25) is 0 Å². The fourth-order valence-electron chi connectivity index (χ4n) is 1.60. The van der Waals surface area contributed by atoms with E-state index in [9.17, 15) is 13.2 Å². The van der Waals surface area contributed by atoms with Crippen molar-refractivity contribution in [3.8, 4) is 0 Å².